The molecule has 0 aliphatic heterocycles. The zero-order valence-electron chi connectivity index (χ0n) is 18.2. The summed E-state index contributed by atoms with van der Waals surface area (Å²) < 4.78 is 7.45. The molecule has 0 saturated carbocycles. The van der Waals surface area contributed by atoms with E-state index in [0.717, 1.165) is 36.0 Å². The van der Waals surface area contributed by atoms with Gasteiger partial charge in [-0.05, 0) is 67.3 Å². The first-order valence-electron chi connectivity index (χ1n) is 10.6. The van der Waals surface area contributed by atoms with Gasteiger partial charge in [0.2, 0.25) is 0 Å². The summed E-state index contributed by atoms with van der Waals surface area (Å²) in [6.45, 7) is 4.20. The topological polar surface area (TPSA) is 55.6 Å². The molecule has 0 aliphatic rings. The number of carbonyl (C=O) groups excluding carboxylic acids is 1. The normalized spacial score (nSPS) is 10.9. The van der Waals surface area contributed by atoms with Gasteiger partial charge in [0, 0.05) is 17.3 Å². The van der Waals surface area contributed by atoms with Crippen molar-refractivity contribution < 1.29 is 9.53 Å². The fraction of sp³-hybridized carbons (Fsp3) is 0.231. The zero-order chi connectivity index (χ0) is 21.8. The lowest BCUT2D eigenvalue weighted by atomic mass is 10.1. The van der Waals surface area contributed by atoms with Crippen LogP contribution in [0, 0.1) is 6.92 Å². The predicted octanol–water partition coefficient (Wildman–Crippen LogP) is 5.91. The molecule has 0 fully saturated rings. The molecule has 0 saturated heterocycles. The van der Waals surface area contributed by atoms with Crippen LogP contribution in [0.4, 0.5) is 5.82 Å². The molecule has 2 aromatic heterocycles. The average Bonchev–Trinajstić information content (AvgIpc) is 3.14. The number of aryl methyl sites for hydroxylation is 2. The van der Waals surface area contributed by atoms with Crippen molar-refractivity contribution in [3.63, 3.8) is 0 Å². The highest BCUT2D eigenvalue weighted by atomic mass is 16.5. The fourth-order valence-electron chi connectivity index (χ4n) is 3.68. The number of hydrogen-bond acceptors (Lipinski definition) is 3. The van der Waals surface area contributed by atoms with Crippen LogP contribution in [0.3, 0.4) is 0 Å². The SMILES string of the molecule is CCCCc1ccc(C(=O)Nc2c(-c3ccccc3OC)nc3cc(C)ccn23)cc1. The molecule has 1 N–H and O–H groups in total. The number of pyridine rings is 1. The van der Waals surface area contributed by atoms with Crippen molar-refractivity contribution in [2.45, 2.75) is 33.1 Å². The maximum atomic E-state index is 13.1. The number of amides is 1. The molecule has 0 unspecified atom stereocenters. The van der Waals surface area contributed by atoms with Gasteiger partial charge in [0.25, 0.3) is 5.91 Å². The minimum atomic E-state index is -0.166. The van der Waals surface area contributed by atoms with Gasteiger partial charge in [0.05, 0.1) is 7.11 Å². The number of nitrogens with one attached hydrogen (secondary N) is 1. The van der Waals surface area contributed by atoms with Crippen LogP contribution in [0.5, 0.6) is 5.75 Å². The molecule has 4 aromatic rings. The molecular formula is C26H27N3O2. The van der Waals surface area contributed by atoms with Gasteiger partial charge in [0.1, 0.15) is 22.9 Å². The molecule has 1 amide bonds. The van der Waals surface area contributed by atoms with Crippen molar-refractivity contribution in [1.29, 1.82) is 0 Å². The Hall–Kier alpha value is -3.60. The number of nitrogens with zero attached hydrogens (tertiary/aromatic N) is 2. The summed E-state index contributed by atoms with van der Waals surface area (Å²) in [6, 6.07) is 19.5. The molecule has 4 rings (SSSR count). The Morgan fingerprint density at radius 3 is 2.61 bits per heavy atom. The Bertz CT molecular complexity index is 1210. The standard InChI is InChI=1S/C26H27N3O2/c1-4-5-8-19-11-13-20(14-12-19)26(30)28-25-24(21-9-6-7-10-22(21)31-3)27-23-17-18(2)15-16-29(23)25/h6-7,9-17H,4-5,8H2,1-3H3,(H,28,30). The molecule has 0 atom stereocenters. The molecule has 0 aliphatic carbocycles. The van der Waals surface area contributed by atoms with Crippen LogP contribution in [-0.4, -0.2) is 22.4 Å². The molecule has 2 aromatic carbocycles. The summed E-state index contributed by atoms with van der Waals surface area (Å²) in [5.41, 5.74) is 5.25. The van der Waals surface area contributed by atoms with Crippen LogP contribution in [0.1, 0.15) is 41.3 Å². The molecule has 0 spiro atoms. The van der Waals surface area contributed by atoms with Gasteiger partial charge in [-0.15, -0.1) is 0 Å². The van der Waals surface area contributed by atoms with E-state index in [9.17, 15) is 4.79 Å². The van der Waals surface area contributed by atoms with Gasteiger partial charge in [0.15, 0.2) is 0 Å². The first-order valence-corrected chi connectivity index (χ1v) is 10.6. The molecule has 5 heteroatoms. The molecule has 0 bridgehead atoms. The number of fused-ring (bicyclic) bond motifs is 1. The number of aromatic nitrogens is 2. The number of imidazole rings is 1. The largest absolute Gasteiger partial charge is 0.496 e. The van der Waals surface area contributed by atoms with Crippen molar-refractivity contribution in [3.8, 4) is 17.0 Å². The van der Waals surface area contributed by atoms with Crippen LogP contribution in [0.15, 0.2) is 66.9 Å². The molecule has 5 nitrogen and oxygen atoms in total. The number of para-hydroxylation sites is 1. The third kappa shape index (κ3) is 4.31. The molecule has 31 heavy (non-hydrogen) atoms. The maximum Gasteiger partial charge on any atom is 0.256 e. The Morgan fingerprint density at radius 1 is 1.10 bits per heavy atom. The van der Waals surface area contributed by atoms with Crippen molar-refractivity contribution in [3.05, 3.63) is 83.6 Å². The van der Waals surface area contributed by atoms with Gasteiger partial charge < -0.3 is 10.1 Å². The maximum absolute atomic E-state index is 13.1. The van der Waals surface area contributed by atoms with Crippen LogP contribution in [0.2, 0.25) is 0 Å². The van der Waals surface area contributed by atoms with Crippen LogP contribution in [0.25, 0.3) is 16.9 Å². The number of hydrogen-bond donors (Lipinski definition) is 1. The first kappa shape index (κ1) is 20.7. The van der Waals surface area contributed by atoms with Crippen molar-refractivity contribution >= 4 is 17.4 Å². The van der Waals surface area contributed by atoms with E-state index in [-0.39, 0.29) is 5.91 Å². The van der Waals surface area contributed by atoms with E-state index in [1.165, 1.54) is 5.56 Å². The monoisotopic (exact) mass is 413 g/mol. The summed E-state index contributed by atoms with van der Waals surface area (Å²) in [5, 5.41) is 3.09. The van der Waals surface area contributed by atoms with Gasteiger partial charge >= 0.3 is 0 Å². The van der Waals surface area contributed by atoms with E-state index in [1.54, 1.807) is 7.11 Å². The second kappa shape index (κ2) is 9.04. The van der Waals surface area contributed by atoms with Crippen molar-refractivity contribution in [2.75, 3.05) is 12.4 Å². The lowest BCUT2D eigenvalue weighted by Gasteiger charge is -2.11. The molecule has 0 radical (unpaired) electrons. The second-order valence-electron chi connectivity index (χ2n) is 7.70. The summed E-state index contributed by atoms with van der Waals surface area (Å²) in [6.07, 6.45) is 5.26. The van der Waals surface area contributed by atoms with E-state index in [0.29, 0.717) is 22.8 Å². The summed E-state index contributed by atoms with van der Waals surface area (Å²) in [4.78, 5) is 17.9. The summed E-state index contributed by atoms with van der Waals surface area (Å²) >= 11 is 0. The Labute approximate surface area is 182 Å². The number of unbranched alkanes of at least 4 members (excludes halogenated alkanes) is 1. The van der Waals surface area contributed by atoms with Crippen molar-refractivity contribution in [1.82, 2.24) is 9.38 Å². The highest BCUT2D eigenvalue weighted by Crippen LogP contribution is 2.35. The van der Waals surface area contributed by atoms with E-state index in [4.69, 9.17) is 9.72 Å². The third-order valence-corrected chi connectivity index (χ3v) is 5.41. The van der Waals surface area contributed by atoms with Crippen LogP contribution in [-0.2, 0) is 6.42 Å². The zero-order valence-corrected chi connectivity index (χ0v) is 18.2. The Balaban J connectivity index is 1.73. The number of carbonyl (C=O) groups is 1. The lowest BCUT2D eigenvalue weighted by Crippen LogP contribution is -2.14. The quantitative estimate of drug-likeness (QED) is 0.410. The molecular weight excluding hydrogens is 386 g/mol. The molecule has 2 heterocycles. The number of benzene rings is 2. The number of anilines is 1. The highest BCUT2D eigenvalue weighted by molar-refractivity contribution is 6.06. The van der Waals surface area contributed by atoms with E-state index < -0.39 is 0 Å². The van der Waals surface area contributed by atoms with Crippen LogP contribution < -0.4 is 10.1 Å². The Kier molecular flexibility index (Phi) is 6.03. The number of methoxy groups -OCH3 is 1. The Morgan fingerprint density at radius 2 is 1.87 bits per heavy atom. The van der Waals surface area contributed by atoms with E-state index in [2.05, 4.69) is 12.2 Å². The van der Waals surface area contributed by atoms with E-state index in [1.807, 2.05) is 78.2 Å². The second-order valence-corrected chi connectivity index (χ2v) is 7.70. The number of rotatable bonds is 7. The van der Waals surface area contributed by atoms with Crippen molar-refractivity contribution in [2.24, 2.45) is 0 Å². The smallest absolute Gasteiger partial charge is 0.256 e. The predicted molar refractivity (Wildman–Crippen MR) is 125 cm³/mol. The van der Waals surface area contributed by atoms with Gasteiger partial charge in [-0.25, -0.2) is 4.98 Å². The minimum absolute atomic E-state index is 0.166. The third-order valence-electron chi connectivity index (χ3n) is 5.41. The highest BCUT2D eigenvalue weighted by Gasteiger charge is 2.20. The number of ether oxygens (including phenoxy) is 1. The van der Waals surface area contributed by atoms with Gasteiger partial charge in [-0.1, -0.05) is 37.6 Å². The minimum Gasteiger partial charge on any atom is -0.496 e. The van der Waals surface area contributed by atoms with Crippen LogP contribution >= 0.6 is 0 Å². The van der Waals surface area contributed by atoms with Gasteiger partial charge in [-0.2, -0.15) is 0 Å². The first-order chi connectivity index (χ1) is 15.1. The molecule has 158 valence electrons. The van der Waals surface area contributed by atoms with Gasteiger partial charge in [-0.3, -0.25) is 9.20 Å². The summed E-state index contributed by atoms with van der Waals surface area (Å²) in [7, 11) is 1.64. The lowest BCUT2D eigenvalue weighted by molar-refractivity contribution is 0.102. The average molecular weight is 414 g/mol. The fourth-order valence-corrected chi connectivity index (χ4v) is 3.68. The van der Waals surface area contributed by atoms with E-state index >= 15 is 0 Å². The summed E-state index contributed by atoms with van der Waals surface area (Å²) in [5.74, 6) is 1.17.